The lowest BCUT2D eigenvalue weighted by Gasteiger charge is -2.08. The predicted octanol–water partition coefficient (Wildman–Crippen LogP) is 7.92. The smallest absolute Gasteiger partial charge is 0.343 e. The van der Waals surface area contributed by atoms with Crippen LogP contribution in [-0.4, -0.2) is 31.1 Å². The number of carbonyl (C=O) groups is 3. The number of aryl methyl sites for hydroxylation is 1. The second-order valence-electron chi connectivity index (χ2n) is 10.1. The largest absolute Gasteiger partial charge is 0.494 e. The van der Waals surface area contributed by atoms with E-state index in [9.17, 15) is 14.4 Å². The Balaban J connectivity index is 1.30. The van der Waals surface area contributed by atoms with E-state index in [4.69, 9.17) is 18.9 Å². The summed E-state index contributed by atoms with van der Waals surface area (Å²) in [5, 5.41) is 0. The molecule has 3 rings (SSSR count). The lowest BCUT2D eigenvalue weighted by atomic mass is 10.1. The third kappa shape index (κ3) is 11.2. The average Bonchev–Trinajstić information content (AvgIpc) is 3.00. The number of esters is 3. The molecular weight excluding hydrogens is 532 g/mol. The highest BCUT2D eigenvalue weighted by atomic mass is 16.5. The van der Waals surface area contributed by atoms with E-state index in [1.165, 1.54) is 0 Å². The Hall–Kier alpha value is -4.39. The van der Waals surface area contributed by atoms with Gasteiger partial charge in [0.05, 0.1) is 24.3 Å². The molecule has 0 spiro atoms. The lowest BCUT2D eigenvalue weighted by molar-refractivity contribution is -0.139. The van der Waals surface area contributed by atoms with Crippen molar-refractivity contribution in [2.45, 2.75) is 65.2 Å². The molecular formula is C35H40O7. The number of ether oxygens (including phenoxy) is 4. The van der Waals surface area contributed by atoms with Gasteiger partial charge >= 0.3 is 17.9 Å². The predicted molar refractivity (Wildman–Crippen MR) is 162 cm³/mol. The first kappa shape index (κ1) is 32.1. The van der Waals surface area contributed by atoms with Gasteiger partial charge in [-0.3, -0.25) is 0 Å². The molecule has 0 aliphatic rings. The fraction of sp³-hybridized carbons (Fsp3) is 0.343. The second-order valence-corrected chi connectivity index (χ2v) is 10.1. The van der Waals surface area contributed by atoms with Gasteiger partial charge in [0.25, 0.3) is 0 Å². The normalized spacial score (nSPS) is 10.5. The molecule has 7 nitrogen and oxygen atoms in total. The SMILES string of the molecule is C=C(C)C(=O)OCCCCCCCCCOc1ccc(C(=O)Oc2ccc(C(=O)Oc3ccc(CC)cc3)cc2)cc1. The van der Waals surface area contributed by atoms with Crippen molar-refractivity contribution in [3.63, 3.8) is 0 Å². The molecule has 0 saturated heterocycles. The monoisotopic (exact) mass is 572 g/mol. The summed E-state index contributed by atoms with van der Waals surface area (Å²) in [5.41, 5.74) is 2.35. The van der Waals surface area contributed by atoms with Crippen LogP contribution in [0.4, 0.5) is 0 Å². The van der Waals surface area contributed by atoms with Crippen LogP contribution >= 0.6 is 0 Å². The van der Waals surface area contributed by atoms with Gasteiger partial charge < -0.3 is 18.9 Å². The Morgan fingerprint density at radius 3 is 1.50 bits per heavy atom. The number of carbonyl (C=O) groups excluding carboxylic acids is 3. The van der Waals surface area contributed by atoms with Gasteiger partial charge in [-0.25, -0.2) is 14.4 Å². The molecule has 0 N–H and O–H groups in total. The Labute approximate surface area is 248 Å². The summed E-state index contributed by atoms with van der Waals surface area (Å²) < 4.78 is 21.7. The topological polar surface area (TPSA) is 88.1 Å². The standard InChI is InChI=1S/C35H40O7/c1-4-27-12-18-31(19-13-27)41-35(38)29-16-22-32(23-17-29)42-34(37)28-14-20-30(21-15-28)39-24-10-8-6-5-7-9-11-25-40-33(36)26(2)3/h12-23H,2,4-11,24-25H2,1,3H3. The highest BCUT2D eigenvalue weighted by Gasteiger charge is 2.12. The van der Waals surface area contributed by atoms with Crippen LogP contribution < -0.4 is 14.2 Å². The number of benzene rings is 3. The number of hydrogen-bond acceptors (Lipinski definition) is 7. The minimum atomic E-state index is -0.498. The van der Waals surface area contributed by atoms with E-state index in [-0.39, 0.29) is 5.97 Å². The van der Waals surface area contributed by atoms with Gasteiger partial charge in [-0.05, 0) is 92.4 Å². The van der Waals surface area contributed by atoms with Gasteiger partial charge in [0.2, 0.25) is 0 Å². The van der Waals surface area contributed by atoms with Crippen LogP contribution in [0.3, 0.4) is 0 Å². The van der Waals surface area contributed by atoms with Gasteiger partial charge in [-0.15, -0.1) is 0 Å². The van der Waals surface area contributed by atoms with Crippen molar-refractivity contribution in [1.82, 2.24) is 0 Å². The summed E-state index contributed by atoms with van der Waals surface area (Å²) in [5.74, 6) is 0.203. The summed E-state index contributed by atoms with van der Waals surface area (Å²) in [6, 6.07) is 20.5. The van der Waals surface area contributed by atoms with Crippen molar-refractivity contribution in [2.75, 3.05) is 13.2 Å². The molecule has 0 bridgehead atoms. The summed E-state index contributed by atoms with van der Waals surface area (Å²) in [6.45, 7) is 8.34. The molecule has 0 heterocycles. The fourth-order valence-electron chi connectivity index (χ4n) is 4.04. The van der Waals surface area contributed by atoms with E-state index < -0.39 is 11.9 Å². The fourth-order valence-corrected chi connectivity index (χ4v) is 4.04. The molecule has 0 unspecified atom stereocenters. The molecule has 0 saturated carbocycles. The van der Waals surface area contributed by atoms with Crippen LogP contribution in [0, 0.1) is 0 Å². The van der Waals surface area contributed by atoms with Crippen LogP contribution in [0.1, 0.15) is 85.1 Å². The zero-order valence-electron chi connectivity index (χ0n) is 24.6. The van der Waals surface area contributed by atoms with Gasteiger partial charge in [0.15, 0.2) is 0 Å². The third-order valence-electron chi connectivity index (χ3n) is 6.57. The number of hydrogen-bond donors (Lipinski definition) is 0. The van der Waals surface area contributed by atoms with E-state index >= 15 is 0 Å². The zero-order valence-corrected chi connectivity index (χ0v) is 24.6. The Kier molecular flexibility index (Phi) is 13.3. The Morgan fingerprint density at radius 2 is 1.02 bits per heavy atom. The first-order valence-corrected chi connectivity index (χ1v) is 14.5. The Bertz CT molecular complexity index is 1290. The summed E-state index contributed by atoms with van der Waals surface area (Å²) >= 11 is 0. The maximum atomic E-state index is 12.6. The number of rotatable bonds is 17. The van der Waals surface area contributed by atoms with E-state index in [1.807, 2.05) is 12.1 Å². The van der Waals surface area contributed by atoms with Gasteiger partial charge in [0, 0.05) is 5.57 Å². The van der Waals surface area contributed by atoms with Crippen molar-refractivity contribution >= 4 is 17.9 Å². The molecule has 0 radical (unpaired) electrons. The molecule has 3 aromatic rings. The average molecular weight is 573 g/mol. The van der Waals surface area contributed by atoms with Gasteiger partial charge in [0.1, 0.15) is 17.2 Å². The quantitative estimate of drug-likeness (QED) is 0.0703. The maximum absolute atomic E-state index is 12.6. The summed E-state index contributed by atoms with van der Waals surface area (Å²) in [6.07, 6.45) is 8.27. The van der Waals surface area contributed by atoms with Crippen LogP contribution in [-0.2, 0) is 16.0 Å². The molecule has 0 aliphatic carbocycles. The van der Waals surface area contributed by atoms with Gasteiger partial charge in [-0.1, -0.05) is 57.7 Å². The molecule has 42 heavy (non-hydrogen) atoms. The van der Waals surface area contributed by atoms with E-state index in [2.05, 4.69) is 13.5 Å². The zero-order chi connectivity index (χ0) is 30.2. The summed E-state index contributed by atoms with van der Waals surface area (Å²) in [4.78, 5) is 36.3. The van der Waals surface area contributed by atoms with Crippen LogP contribution in [0.5, 0.6) is 17.2 Å². The van der Waals surface area contributed by atoms with Crippen molar-refractivity contribution in [1.29, 1.82) is 0 Å². The van der Waals surface area contributed by atoms with Crippen molar-refractivity contribution in [3.8, 4) is 17.2 Å². The van der Waals surface area contributed by atoms with Crippen LogP contribution in [0.15, 0.2) is 84.9 Å². The molecule has 222 valence electrons. The van der Waals surface area contributed by atoms with E-state index in [1.54, 1.807) is 67.6 Å². The molecule has 7 heteroatoms. The molecule has 0 fully saturated rings. The van der Waals surface area contributed by atoms with E-state index in [0.29, 0.717) is 47.2 Å². The Morgan fingerprint density at radius 1 is 0.595 bits per heavy atom. The van der Waals surface area contributed by atoms with Crippen molar-refractivity contribution < 1.29 is 33.3 Å². The maximum Gasteiger partial charge on any atom is 0.343 e. The van der Waals surface area contributed by atoms with Crippen molar-refractivity contribution in [2.24, 2.45) is 0 Å². The molecule has 0 atom stereocenters. The van der Waals surface area contributed by atoms with Gasteiger partial charge in [-0.2, -0.15) is 0 Å². The second kappa shape index (κ2) is 17.4. The summed E-state index contributed by atoms with van der Waals surface area (Å²) in [7, 11) is 0. The molecule has 0 amide bonds. The van der Waals surface area contributed by atoms with Crippen molar-refractivity contribution in [3.05, 3.63) is 102 Å². The molecule has 0 aliphatic heterocycles. The third-order valence-corrected chi connectivity index (χ3v) is 6.57. The molecule has 0 aromatic heterocycles. The highest BCUT2D eigenvalue weighted by Crippen LogP contribution is 2.19. The minimum Gasteiger partial charge on any atom is -0.494 e. The van der Waals surface area contributed by atoms with Crippen LogP contribution in [0.25, 0.3) is 0 Å². The molecule has 3 aromatic carbocycles. The first-order valence-electron chi connectivity index (χ1n) is 14.5. The number of unbranched alkanes of at least 4 members (excludes halogenated alkanes) is 6. The van der Waals surface area contributed by atoms with Crippen LogP contribution in [0.2, 0.25) is 0 Å². The highest BCUT2D eigenvalue weighted by molar-refractivity contribution is 5.92. The lowest BCUT2D eigenvalue weighted by Crippen LogP contribution is -2.10. The minimum absolute atomic E-state index is 0.318. The first-order chi connectivity index (χ1) is 20.4. The van der Waals surface area contributed by atoms with E-state index in [0.717, 1.165) is 56.9 Å².